The van der Waals surface area contributed by atoms with Crippen LogP contribution in [-0.4, -0.2) is 26.4 Å². The number of rotatable bonds is 5. The summed E-state index contributed by atoms with van der Waals surface area (Å²) in [6, 6.07) is 14.7. The SMILES string of the molecule is Cc1ccc(-n2cnnc2SCC(=O)Nc2ccc(C#N)c(Cl)c2)cc1. The highest BCUT2D eigenvalue weighted by atomic mass is 35.5. The van der Waals surface area contributed by atoms with Crippen LogP contribution < -0.4 is 5.32 Å². The summed E-state index contributed by atoms with van der Waals surface area (Å²) < 4.78 is 1.83. The Morgan fingerprint density at radius 1 is 1.31 bits per heavy atom. The molecule has 0 saturated carbocycles. The topological polar surface area (TPSA) is 83.6 Å². The van der Waals surface area contributed by atoms with Gasteiger partial charge in [-0.25, -0.2) is 0 Å². The van der Waals surface area contributed by atoms with Gasteiger partial charge < -0.3 is 5.32 Å². The molecule has 8 heteroatoms. The second-order valence-electron chi connectivity index (χ2n) is 5.46. The minimum atomic E-state index is -0.200. The number of carbonyl (C=O) groups is 1. The van der Waals surface area contributed by atoms with Crippen molar-refractivity contribution in [2.45, 2.75) is 12.1 Å². The number of nitrogens with one attached hydrogen (secondary N) is 1. The molecular weight excluding hydrogens is 370 g/mol. The largest absolute Gasteiger partial charge is 0.325 e. The molecule has 0 fully saturated rings. The summed E-state index contributed by atoms with van der Waals surface area (Å²) in [5.41, 5.74) is 3.00. The molecule has 1 aromatic heterocycles. The number of amides is 1. The lowest BCUT2D eigenvalue weighted by Gasteiger charge is -2.08. The number of halogens is 1. The van der Waals surface area contributed by atoms with Crippen molar-refractivity contribution in [3.05, 3.63) is 64.9 Å². The smallest absolute Gasteiger partial charge is 0.234 e. The number of aryl methyl sites for hydroxylation is 1. The Morgan fingerprint density at radius 2 is 2.08 bits per heavy atom. The molecule has 26 heavy (non-hydrogen) atoms. The summed E-state index contributed by atoms with van der Waals surface area (Å²) >= 11 is 7.25. The highest BCUT2D eigenvalue weighted by Gasteiger charge is 2.11. The number of hydrogen-bond donors (Lipinski definition) is 1. The highest BCUT2D eigenvalue weighted by molar-refractivity contribution is 7.99. The van der Waals surface area contributed by atoms with E-state index in [9.17, 15) is 4.79 Å². The quantitative estimate of drug-likeness (QED) is 0.677. The summed E-state index contributed by atoms with van der Waals surface area (Å²) in [5.74, 6) is -0.0310. The van der Waals surface area contributed by atoms with Gasteiger partial charge in [0.25, 0.3) is 0 Å². The fourth-order valence-electron chi connectivity index (χ4n) is 2.22. The van der Waals surface area contributed by atoms with Crippen molar-refractivity contribution in [2.75, 3.05) is 11.1 Å². The fourth-order valence-corrected chi connectivity index (χ4v) is 3.17. The van der Waals surface area contributed by atoms with E-state index in [0.29, 0.717) is 21.4 Å². The van der Waals surface area contributed by atoms with Gasteiger partial charge in [-0.1, -0.05) is 41.1 Å². The maximum Gasteiger partial charge on any atom is 0.234 e. The third kappa shape index (κ3) is 4.23. The minimum Gasteiger partial charge on any atom is -0.325 e. The molecule has 3 aromatic rings. The van der Waals surface area contributed by atoms with Gasteiger partial charge in [-0.2, -0.15) is 5.26 Å². The average molecular weight is 384 g/mol. The Labute approximate surface area is 159 Å². The van der Waals surface area contributed by atoms with Gasteiger partial charge >= 0.3 is 0 Å². The zero-order valence-electron chi connectivity index (χ0n) is 13.8. The number of anilines is 1. The maximum absolute atomic E-state index is 12.2. The molecule has 0 aliphatic rings. The maximum atomic E-state index is 12.2. The van der Waals surface area contributed by atoms with Crippen LogP contribution in [0.25, 0.3) is 5.69 Å². The summed E-state index contributed by atoms with van der Waals surface area (Å²) in [4.78, 5) is 12.2. The first kappa shape index (κ1) is 18.0. The first-order chi connectivity index (χ1) is 12.6. The molecule has 130 valence electrons. The molecule has 0 saturated heterocycles. The van der Waals surface area contributed by atoms with E-state index in [-0.39, 0.29) is 11.7 Å². The average Bonchev–Trinajstić information content (AvgIpc) is 3.09. The van der Waals surface area contributed by atoms with E-state index in [1.807, 2.05) is 41.8 Å². The standard InChI is InChI=1S/C18H14ClN5OS/c1-12-2-6-15(7-3-12)24-11-21-23-18(24)26-10-17(25)22-14-5-4-13(9-20)16(19)8-14/h2-8,11H,10H2,1H3,(H,22,25). The van der Waals surface area contributed by atoms with Crippen LogP contribution >= 0.6 is 23.4 Å². The number of aromatic nitrogens is 3. The Bertz CT molecular complexity index is 978. The molecule has 6 nitrogen and oxygen atoms in total. The highest BCUT2D eigenvalue weighted by Crippen LogP contribution is 2.22. The molecule has 0 radical (unpaired) electrons. The van der Waals surface area contributed by atoms with Crippen LogP contribution in [0.1, 0.15) is 11.1 Å². The van der Waals surface area contributed by atoms with Crippen molar-refractivity contribution in [1.82, 2.24) is 14.8 Å². The van der Waals surface area contributed by atoms with Gasteiger partial charge in [0, 0.05) is 11.4 Å². The minimum absolute atomic E-state index is 0.169. The van der Waals surface area contributed by atoms with E-state index in [4.69, 9.17) is 16.9 Å². The summed E-state index contributed by atoms with van der Waals surface area (Å²) in [6.07, 6.45) is 1.62. The first-order valence-corrected chi connectivity index (χ1v) is 9.02. The summed E-state index contributed by atoms with van der Waals surface area (Å²) in [6.45, 7) is 2.02. The van der Waals surface area contributed by atoms with Crippen molar-refractivity contribution >= 4 is 35.0 Å². The molecule has 0 aliphatic heterocycles. The van der Waals surface area contributed by atoms with Crippen molar-refractivity contribution in [3.8, 4) is 11.8 Å². The Morgan fingerprint density at radius 3 is 2.77 bits per heavy atom. The van der Waals surface area contributed by atoms with E-state index in [1.54, 1.807) is 24.5 Å². The number of benzene rings is 2. The van der Waals surface area contributed by atoms with Gasteiger partial charge in [-0.05, 0) is 37.3 Å². The molecule has 0 aliphatic carbocycles. The van der Waals surface area contributed by atoms with Crippen LogP contribution in [0.4, 0.5) is 5.69 Å². The van der Waals surface area contributed by atoms with Crippen LogP contribution in [0, 0.1) is 18.3 Å². The second kappa shape index (κ2) is 8.04. The zero-order chi connectivity index (χ0) is 18.5. The Hall–Kier alpha value is -2.82. The predicted molar refractivity (Wildman–Crippen MR) is 102 cm³/mol. The zero-order valence-corrected chi connectivity index (χ0v) is 15.4. The molecule has 1 heterocycles. The summed E-state index contributed by atoms with van der Waals surface area (Å²) in [7, 11) is 0. The van der Waals surface area contributed by atoms with Crippen molar-refractivity contribution in [3.63, 3.8) is 0 Å². The number of nitriles is 1. The fraction of sp³-hybridized carbons (Fsp3) is 0.111. The van der Waals surface area contributed by atoms with E-state index in [1.165, 1.54) is 11.8 Å². The van der Waals surface area contributed by atoms with E-state index in [0.717, 1.165) is 11.3 Å². The number of carbonyl (C=O) groups excluding carboxylic acids is 1. The molecular formula is C18H14ClN5OS. The lowest BCUT2D eigenvalue weighted by atomic mass is 10.2. The molecule has 0 bridgehead atoms. The lowest BCUT2D eigenvalue weighted by molar-refractivity contribution is -0.113. The Balaban J connectivity index is 1.64. The van der Waals surface area contributed by atoms with E-state index in [2.05, 4.69) is 15.5 Å². The van der Waals surface area contributed by atoms with Crippen LogP contribution in [0.2, 0.25) is 5.02 Å². The van der Waals surface area contributed by atoms with Gasteiger partial charge in [-0.3, -0.25) is 9.36 Å². The van der Waals surface area contributed by atoms with E-state index < -0.39 is 0 Å². The predicted octanol–water partition coefficient (Wildman–Crippen LogP) is 3.83. The van der Waals surface area contributed by atoms with Gasteiger partial charge in [0.05, 0.1) is 16.3 Å². The molecule has 3 rings (SSSR count). The van der Waals surface area contributed by atoms with Crippen LogP contribution in [0.5, 0.6) is 0 Å². The molecule has 1 N–H and O–H groups in total. The molecule has 0 spiro atoms. The van der Waals surface area contributed by atoms with Gasteiger partial charge in [0.15, 0.2) is 5.16 Å². The molecule has 2 aromatic carbocycles. The third-order valence-corrected chi connectivity index (χ3v) is 4.79. The number of thioether (sulfide) groups is 1. The second-order valence-corrected chi connectivity index (χ2v) is 6.81. The lowest BCUT2D eigenvalue weighted by Crippen LogP contribution is -2.14. The summed E-state index contributed by atoms with van der Waals surface area (Å²) in [5, 5.41) is 20.6. The van der Waals surface area contributed by atoms with Crippen molar-refractivity contribution in [1.29, 1.82) is 5.26 Å². The van der Waals surface area contributed by atoms with Crippen LogP contribution in [0.3, 0.4) is 0 Å². The third-order valence-electron chi connectivity index (χ3n) is 3.53. The molecule has 0 atom stereocenters. The first-order valence-electron chi connectivity index (χ1n) is 7.66. The van der Waals surface area contributed by atoms with Crippen molar-refractivity contribution in [2.24, 2.45) is 0 Å². The van der Waals surface area contributed by atoms with Gasteiger partial charge in [0.2, 0.25) is 5.91 Å². The monoisotopic (exact) mass is 383 g/mol. The van der Waals surface area contributed by atoms with Gasteiger partial charge in [0.1, 0.15) is 12.4 Å². The van der Waals surface area contributed by atoms with Crippen molar-refractivity contribution < 1.29 is 4.79 Å². The number of hydrogen-bond acceptors (Lipinski definition) is 5. The van der Waals surface area contributed by atoms with Gasteiger partial charge in [-0.15, -0.1) is 10.2 Å². The number of nitrogens with zero attached hydrogens (tertiary/aromatic N) is 4. The molecule has 0 unspecified atom stereocenters. The Kier molecular flexibility index (Phi) is 5.56. The van der Waals surface area contributed by atoms with E-state index >= 15 is 0 Å². The normalized spacial score (nSPS) is 10.3. The molecule has 1 amide bonds. The van der Waals surface area contributed by atoms with Crippen LogP contribution in [0.15, 0.2) is 53.9 Å². The van der Waals surface area contributed by atoms with Crippen LogP contribution in [-0.2, 0) is 4.79 Å².